The van der Waals surface area contributed by atoms with Crippen LogP contribution in [0.3, 0.4) is 0 Å². The van der Waals surface area contributed by atoms with Crippen LogP contribution >= 0.6 is 11.6 Å². The molecule has 1 saturated carbocycles. The fraction of sp³-hybridized carbons (Fsp3) is 0.545. The van der Waals surface area contributed by atoms with Crippen molar-refractivity contribution in [3.8, 4) is 0 Å². The van der Waals surface area contributed by atoms with Crippen LogP contribution in [0.5, 0.6) is 0 Å². The lowest BCUT2D eigenvalue weighted by Gasteiger charge is -2.12. The van der Waals surface area contributed by atoms with E-state index in [0.717, 1.165) is 17.1 Å². The van der Waals surface area contributed by atoms with Crippen LogP contribution < -0.4 is 5.32 Å². The Kier molecular flexibility index (Phi) is 3.38. The molecule has 0 amide bonds. The molecule has 0 unspecified atom stereocenters. The van der Waals surface area contributed by atoms with Gasteiger partial charge in [0.15, 0.2) is 0 Å². The van der Waals surface area contributed by atoms with Crippen molar-refractivity contribution in [2.24, 2.45) is 0 Å². The normalized spacial score (nSPS) is 17.5. The van der Waals surface area contributed by atoms with Gasteiger partial charge in [-0.3, -0.25) is 4.98 Å². The third-order valence-corrected chi connectivity index (χ3v) is 3.13. The van der Waals surface area contributed by atoms with Crippen molar-refractivity contribution in [1.82, 2.24) is 10.3 Å². The van der Waals surface area contributed by atoms with E-state index in [4.69, 9.17) is 11.6 Å². The van der Waals surface area contributed by atoms with E-state index in [9.17, 15) is 0 Å². The van der Waals surface area contributed by atoms with Crippen LogP contribution in [0.2, 0.25) is 5.02 Å². The van der Waals surface area contributed by atoms with E-state index in [1.807, 2.05) is 6.07 Å². The molecule has 2 rings (SSSR count). The molecule has 0 spiro atoms. The molecule has 1 aliphatic carbocycles. The van der Waals surface area contributed by atoms with Crippen LogP contribution in [0.1, 0.15) is 31.2 Å². The molecule has 1 aliphatic rings. The Labute approximate surface area is 89.7 Å². The van der Waals surface area contributed by atoms with E-state index < -0.39 is 0 Å². The van der Waals surface area contributed by atoms with E-state index in [2.05, 4.69) is 10.3 Å². The van der Waals surface area contributed by atoms with Crippen molar-refractivity contribution in [1.29, 1.82) is 0 Å². The van der Waals surface area contributed by atoms with E-state index in [0.29, 0.717) is 6.04 Å². The standard InChI is InChI=1S/C11H15ClN2/c12-11-8-13-6-5-9(11)7-14-10-3-1-2-4-10/h5-6,8,10,14H,1-4,7H2. The summed E-state index contributed by atoms with van der Waals surface area (Å²) in [6.07, 6.45) is 8.83. The largest absolute Gasteiger partial charge is 0.310 e. The molecule has 0 aromatic carbocycles. The molecular formula is C11H15ClN2. The molecule has 0 radical (unpaired) electrons. The van der Waals surface area contributed by atoms with Crippen molar-refractivity contribution in [3.63, 3.8) is 0 Å². The maximum Gasteiger partial charge on any atom is 0.0634 e. The number of halogens is 1. The minimum atomic E-state index is 0.694. The maximum absolute atomic E-state index is 6.01. The fourth-order valence-electron chi connectivity index (χ4n) is 1.93. The lowest BCUT2D eigenvalue weighted by molar-refractivity contribution is 0.524. The Bertz CT molecular complexity index is 295. The molecule has 1 fully saturated rings. The summed E-state index contributed by atoms with van der Waals surface area (Å²) in [4.78, 5) is 3.96. The SMILES string of the molecule is Clc1cnccc1CNC1CCCC1. The van der Waals surface area contributed by atoms with Crippen molar-refractivity contribution >= 4 is 11.6 Å². The second-order valence-corrected chi connectivity index (χ2v) is 4.24. The topological polar surface area (TPSA) is 24.9 Å². The molecule has 0 aliphatic heterocycles. The molecule has 1 heterocycles. The quantitative estimate of drug-likeness (QED) is 0.830. The van der Waals surface area contributed by atoms with Crippen LogP contribution in [0.4, 0.5) is 0 Å². The molecule has 1 aromatic heterocycles. The summed E-state index contributed by atoms with van der Waals surface area (Å²) in [7, 11) is 0. The number of hydrogen-bond donors (Lipinski definition) is 1. The molecule has 14 heavy (non-hydrogen) atoms. The van der Waals surface area contributed by atoms with Gasteiger partial charge in [0, 0.05) is 25.0 Å². The third-order valence-electron chi connectivity index (χ3n) is 2.79. The van der Waals surface area contributed by atoms with Gasteiger partial charge >= 0.3 is 0 Å². The van der Waals surface area contributed by atoms with Gasteiger partial charge in [0.25, 0.3) is 0 Å². The van der Waals surface area contributed by atoms with Gasteiger partial charge in [-0.15, -0.1) is 0 Å². The Hall–Kier alpha value is -0.600. The molecule has 3 heteroatoms. The number of nitrogens with one attached hydrogen (secondary N) is 1. The first-order valence-corrected chi connectivity index (χ1v) is 5.56. The molecule has 2 nitrogen and oxygen atoms in total. The van der Waals surface area contributed by atoms with Crippen LogP contribution in [-0.4, -0.2) is 11.0 Å². The zero-order valence-corrected chi connectivity index (χ0v) is 8.93. The molecular weight excluding hydrogens is 196 g/mol. The average molecular weight is 211 g/mol. The first-order chi connectivity index (χ1) is 6.86. The summed E-state index contributed by atoms with van der Waals surface area (Å²) in [5.41, 5.74) is 1.15. The summed E-state index contributed by atoms with van der Waals surface area (Å²) in [6, 6.07) is 2.67. The smallest absolute Gasteiger partial charge is 0.0634 e. The van der Waals surface area contributed by atoms with Crippen molar-refractivity contribution in [2.75, 3.05) is 0 Å². The maximum atomic E-state index is 6.01. The predicted octanol–water partition coefficient (Wildman–Crippen LogP) is 2.77. The number of hydrogen-bond acceptors (Lipinski definition) is 2. The highest BCUT2D eigenvalue weighted by Gasteiger charge is 2.14. The zero-order chi connectivity index (χ0) is 9.80. The van der Waals surface area contributed by atoms with Gasteiger partial charge in [0.05, 0.1) is 5.02 Å². The predicted molar refractivity (Wildman–Crippen MR) is 58.3 cm³/mol. The second kappa shape index (κ2) is 4.76. The number of aromatic nitrogens is 1. The van der Waals surface area contributed by atoms with E-state index in [1.54, 1.807) is 12.4 Å². The number of pyridine rings is 1. The molecule has 1 aromatic rings. The zero-order valence-electron chi connectivity index (χ0n) is 8.17. The first kappa shape index (κ1) is 9.94. The van der Waals surface area contributed by atoms with Crippen molar-refractivity contribution in [3.05, 3.63) is 29.0 Å². The van der Waals surface area contributed by atoms with Crippen LogP contribution in [-0.2, 0) is 6.54 Å². The molecule has 0 atom stereocenters. The first-order valence-electron chi connectivity index (χ1n) is 5.18. The lowest BCUT2D eigenvalue weighted by atomic mass is 10.2. The molecule has 0 saturated heterocycles. The van der Waals surface area contributed by atoms with E-state index in [1.165, 1.54) is 25.7 Å². The summed E-state index contributed by atoms with van der Waals surface area (Å²) in [5, 5.41) is 4.29. The van der Waals surface area contributed by atoms with E-state index in [-0.39, 0.29) is 0 Å². The van der Waals surface area contributed by atoms with Crippen LogP contribution in [0.15, 0.2) is 18.5 Å². The monoisotopic (exact) mass is 210 g/mol. The van der Waals surface area contributed by atoms with Crippen molar-refractivity contribution < 1.29 is 0 Å². The summed E-state index contributed by atoms with van der Waals surface area (Å²) in [6.45, 7) is 0.867. The van der Waals surface area contributed by atoms with Gasteiger partial charge in [-0.25, -0.2) is 0 Å². The average Bonchev–Trinajstić information content (AvgIpc) is 2.69. The van der Waals surface area contributed by atoms with E-state index >= 15 is 0 Å². The Morgan fingerprint density at radius 2 is 2.21 bits per heavy atom. The number of rotatable bonds is 3. The molecule has 1 N–H and O–H groups in total. The minimum absolute atomic E-state index is 0.694. The fourth-order valence-corrected chi connectivity index (χ4v) is 2.12. The van der Waals surface area contributed by atoms with Crippen LogP contribution in [0.25, 0.3) is 0 Å². The van der Waals surface area contributed by atoms with Gasteiger partial charge in [-0.05, 0) is 24.5 Å². The van der Waals surface area contributed by atoms with Gasteiger partial charge in [0.2, 0.25) is 0 Å². The van der Waals surface area contributed by atoms with Crippen LogP contribution in [0, 0.1) is 0 Å². The Morgan fingerprint density at radius 1 is 1.43 bits per heavy atom. The number of nitrogens with zero attached hydrogens (tertiary/aromatic N) is 1. The minimum Gasteiger partial charge on any atom is -0.310 e. The van der Waals surface area contributed by atoms with Gasteiger partial charge in [-0.1, -0.05) is 24.4 Å². The third kappa shape index (κ3) is 2.46. The van der Waals surface area contributed by atoms with Gasteiger partial charge in [0.1, 0.15) is 0 Å². The summed E-state index contributed by atoms with van der Waals surface area (Å²) < 4.78 is 0. The highest BCUT2D eigenvalue weighted by atomic mass is 35.5. The Morgan fingerprint density at radius 3 is 2.93 bits per heavy atom. The lowest BCUT2D eigenvalue weighted by Crippen LogP contribution is -2.25. The highest BCUT2D eigenvalue weighted by molar-refractivity contribution is 6.31. The van der Waals surface area contributed by atoms with Gasteiger partial charge < -0.3 is 5.32 Å². The Balaban J connectivity index is 1.88. The van der Waals surface area contributed by atoms with Gasteiger partial charge in [-0.2, -0.15) is 0 Å². The highest BCUT2D eigenvalue weighted by Crippen LogP contribution is 2.19. The second-order valence-electron chi connectivity index (χ2n) is 3.83. The molecule has 76 valence electrons. The van der Waals surface area contributed by atoms with Crippen molar-refractivity contribution in [2.45, 2.75) is 38.3 Å². The molecule has 0 bridgehead atoms. The summed E-state index contributed by atoms with van der Waals surface area (Å²) >= 11 is 6.01. The summed E-state index contributed by atoms with van der Waals surface area (Å²) in [5.74, 6) is 0.